The normalized spacial score (nSPS) is 12.3. The van der Waals surface area contributed by atoms with E-state index in [1.807, 2.05) is 24.3 Å². The molecule has 0 aliphatic heterocycles. The second kappa shape index (κ2) is 12.3. The quantitative estimate of drug-likeness (QED) is 0.542. The summed E-state index contributed by atoms with van der Waals surface area (Å²) < 4.78 is 11.0. The van der Waals surface area contributed by atoms with Gasteiger partial charge >= 0.3 is 5.97 Å². The Morgan fingerprint density at radius 3 is 2.74 bits per heavy atom. The van der Waals surface area contributed by atoms with E-state index in [1.54, 1.807) is 0 Å². The van der Waals surface area contributed by atoms with Crippen LogP contribution in [0.15, 0.2) is 24.3 Å². The van der Waals surface area contributed by atoms with Gasteiger partial charge in [0.1, 0.15) is 0 Å². The third-order valence-corrected chi connectivity index (χ3v) is 3.78. The van der Waals surface area contributed by atoms with Gasteiger partial charge in [0.15, 0.2) is 6.10 Å². The van der Waals surface area contributed by atoms with Crippen molar-refractivity contribution in [3.63, 3.8) is 0 Å². The fourth-order valence-electron chi connectivity index (χ4n) is 2.21. The highest BCUT2D eigenvalue weighted by Crippen LogP contribution is 2.11. The molecule has 1 aromatic carbocycles. The lowest BCUT2D eigenvalue weighted by molar-refractivity contribution is -0.151. The third kappa shape index (κ3) is 9.59. The molecule has 1 N–H and O–H groups in total. The summed E-state index contributed by atoms with van der Waals surface area (Å²) in [5.74, 6) is -0.918. The van der Waals surface area contributed by atoms with Crippen LogP contribution in [0, 0.1) is 0 Å². The van der Waals surface area contributed by atoms with Gasteiger partial charge in [-0.1, -0.05) is 49.9 Å². The van der Waals surface area contributed by atoms with Crippen molar-refractivity contribution >= 4 is 17.6 Å². The van der Waals surface area contributed by atoms with E-state index < -0.39 is 12.1 Å². The van der Waals surface area contributed by atoms with Crippen LogP contribution in [0.5, 0.6) is 0 Å². The molecule has 0 aliphatic rings. The van der Waals surface area contributed by atoms with Gasteiger partial charge in [0.05, 0.1) is 6.61 Å². The average Bonchev–Trinajstić information content (AvgIpc) is 2.52. The minimum Gasteiger partial charge on any atom is -0.479 e. The van der Waals surface area contributed by atoms with Gasteiger partial charge in [-0.15, -0.1) is 0 Å². The monoisotopic (exact) mass is 342 g/mol. The van der Waals surface area contributed by atoms with Crippen LogP contribution in [0.1, 0.15) is 44.6 Å². The molecule has 0 saturated heterocycles. The van der Waals surface area contributed by atoms with Crippen molar-refractivity contribution in [2.45, 2.75) is 51.6 Å². The lowest BCUT2D eigenvalue weighted by atomic mass is 10.2. The zero-order valence-electron chi connectivity index (χ0n) is 13.8. The molecule has 1 unspecified atom stereocenters. The summed E-state index contributed by atoms with van der Waals surface area (Å²) in [6, 6.07) is 7.64. The molecule has 0 aromatic heterocycles. The fourth-order valence-corrected chi connectivity index (χ4v) is 2.42. The van der Waals surface area contributed by atoms with E-state index in [2.05, 4.69) is 6.92 Å². The SMILES string of the molecule is CCCCCCOC(CCOCCc1cccc(Cl)c1)C(=O)O. The van der Waals surface area contributed by atoms with Crippen LogP contribution < -0.4 is 0 Å². The molecule has 0 bridgehead atoms. The van der Waals surface area contributed by atoms with Gasteiger partial charge in [0.2, 0.25) is 0 Å². The summed E-state index contributed by atoms with van der Waals surface area (Å²) in [7, 11) is 0. The van der Waals surface area contributed by atoms with Gasteiger partial charge in [0, 0.05) is 24.7 Å². The second-order valence-electron chi connectivity index (χ2n) is 5.54. The van der Waals surface area contributed by atoms with Crippen LogP contribution in [-0.4, -0.2) is 37.0 Å². The fraction of sp³-hybridized carbons (Fsp3) is 0.611. The molecule has 130 valence electrons. The van der Waals surface area contributed by atoms with Crippen LogP contribution in [0.2, 0.25) is 5.02 Å². The van der Waals surface area contributed by atoms with E-state index >= 15 is 0 Å². The van der Waals surface area contributed by atoms with Crippen LogP contribution >= 0.6 is 11.6 Å². The molecule has 23 heavy (non-hydrogen) atoms. The molecular formula is C18H27ClO4. The molecule has 5 heteroatoms. The number of hydrogen-bond donors (Lipinski definition) is 1. The van der Waals surface area contributed by atoms with Crippen molar-refractivity contribution in [3.05, 3.63) is 34.9 Å². The van der Waals surface area contributed by atoms with Crippen LogP contribution in [0.4, 0.5) is 0 Å². The van der Waals surface area contributed by atoms with Gasteiger partial charge < -0.3 is 14.6 Å². The maximum absolute atomic E-state index is 11.1. The molecule has 0 amide bonds. The van der Waals surface area contributed by atoms with Crippen LogP contribution in [-0.2, 0) is 20.7 Å². The van der Waals surface area contributed by atoms with E-state index in [1.165, 1.54) is 0 Å². The Morgan fingerprint density at radius 1 is 1.22 bits per heavy atom. The highest BCUT2D eigenvalue weighted by Gasteiger charge is 2.17. The van der Waals surface area contributed by atoms with Gasteiger partial charge in [-0.05, 0) is 30.5 Å². The van der Waals surface area contributed by atoms with E-state index in [9.17, 15) is 4.79 Å². The molecule has 0 saturated carbocycles. The van der Waals surface area contributed by atoms with E-state index in [0.717, 1.165) is 37.7 Å². The molecule has 0 spiro atoms. The number of carboxylic acids is 1. The molecule has 0 fully saturated rings. The number of halogens is 1. The summed E-state index contributed by atoms with van der Waals surface area (Å²) in [6.07, 6.45) is 4.67. The molecule has 0 radical (unpaired) electrons. The Hall–Kier alpha value is -1.10. The van der Waals surface area contributed by atoms with Crippen LogP contribution in [0.3, 0.4) is 0 Å². The molecule has 0 aliphatic carbocycles. The van der Waals surface area contributed by atoms with Gasteiger partial charge in [-0.3, -0.25) is 0 Å². The predicted octanol–water partition coefficient (Wildman–Crippen LogP) is 4.34. The minimum absolute atomic E-state index is 0.374. The Labute approximate surface area is 143 Å². The summed E-state index contributed by atoms with van der Waals surface area (Å²) in [4.78, 5) is 11.1. The van der Waals surface area contributed by atoms with Crippen LogP contribution in [0.25, 0.3) is 0 Å². The van der Waals surface area contributed by atoms with Crippen molar-refractivity contribution in [1.29, 1.82) is 0 Å². The second-order valence-corrected chi connectivity index (χ2v) is 5.98. The molecule has 0 heterocycles. The highest BCUT2D eigenvalue weighted by atomic mass is 35.5. The number of ether oxygens (including phenoxy) is 2. The number of unbranched alkanes of at least 4 members (excludes halogenated alkanes) is 3. The first kappa shape index (κ1) is 19.9. The number of hydrogen-bond acceptors (Lipinski definition) is 3. The molecular weight excluding hydrogens is 316 g/mol. The zero-order chi connectivity index (χ0) is 16.9. The maximum atomic E-state index is 11.1. The Bertz CT molecular complexity index is 450. The average molecular weight is 343 g/mol. The molecule has 1 rings (SSSR count). The Morgan fingerprint density at radius 2 is 2.04 bits per heavy atom. The van der Waals surface area contributed by atoms with Gasteiger partial charge in [-0.25, -0.2) is 4.79 Å². The number of carbonyl (C=O) groups is 1. The Kier molecular flexibility index (Phi) is 10.7. The van der Waals surface area contributed by atoms with Crippen molar-refractivity contribution in [1.82, 2.24) is 0 Å². The van der Waals surface area contributed by atoms with E-state index in [0.29, 0.717) is 31.3 Å². The number of carboxylic acid groups (broad SMARTS) is 1. The lowest BCUT2D eigenvalue weighted by Crippen LogP contribution is -2.26. The first-order chi connectivity index (χ1) is 11.1. The third-order valence-electron chi connectivity index (χ3n) is 3.54. The van der Waals surface area contributed by atoms with E-state index in [4.69, 9.17) is 26.2 Å². The molecule has 1 aromatic rings. The first-order valence-electron chi connectivity index (χ1n) is 8.30. The van der Waals surface area contributed by atoms with Crippen molar-refractivity contribution in [2.24, 2.45) is 0 Å². The summed E-state index contributed by atoms with van der Waals surface area (Å²) in [5, 5.41) is 9.86. The Balaban J connectivity index is 2.14. The molecule has 4 nitrogen and oxygen atoms in total. The highest BCUT2D eigenvalue weighted by molar-refractivity contribution is 6.30. The number of rotatable bonds is 13. The summed E-state index contributed by atoms with van der Waals surface area (Å²) >= 11 is 5.92. The lowest BCUT2D eigenvalue weighted by Gasteiger charge is -2.14. The first-order valence-corrected chi connectivity index (χ1v) is 8.68. The van der Waals surface area contributed by atoms with Gasteiger partial charge in [-0.2, -0.15) is 0 Å². The largest absolute Gasteiger partial charge is 0.479 e. The van der Waals surface area contributed by atoms with Crippen molar-refractivity contribution in [3.8, 4) is 0 Å². The smallest absolute Gasteiger partial charge is 0.332 e. The van der Waals surface area contributed by atoms with E-state index in [-0.39, 0.29) is 0 Å². The summed E-state index contributed by atoms with van der Waals surface area (Å²) in [6.45, 7) is 3.57. The van der Waals surface area contributed by atoms with Crippen molar-refractivity contribution in [2.75, 3.05) is 19.8 Å². The van der Waals surface area contributed by atoms with Gasteiger partial charge in [0.25, 0.3) is 0 Å². The zero-order valence-corrected chi connectivity index (χ0v) is 14.6. The maximum Gasteiger partial charge on any atom is 0.332 e. The van der Waals surface area contributed by atoms with Crippen molar-refractivity contribution < 1.29 is 19.4 Å². The number of benzene rings is 1. The molecule has 1 atom stereocenters. The number of aliphatic carboxylic acids is 1. The minimum atomic E-state index is -0.918. The topological polar surface area (TPSA) is 55.8 Å². The summed E-state index contributed by atoms with van der Waals surface area (Å²) in [5.41, 5.74) is 1.11. The standard InChI is InChI=1S/C18H27ClO4/c1-2-3-4-5-11-23-17(18(20)21)10-13-22-12-9-15-7-6-8-16(19)14-15/h6-8,14,17H,2-5,9-13H2,1H3,(H,20,21). The predicted molar refractivity (Wildman–Crippen MR) is 92.1 cm³/mol.